The molecule has 94 valence electrons. The summed E-state index contributed by atoms with van der Waals surface area (Å²) in [6.45, 7) is 0. The van der Waals surface area contributed by atoms with Gasteiger partial charge >= 0.3 is 0 Å². The van der Waals surface area contributed by atoms with Crippen molar-refractivity contribution in [1.29, 1.82) is 0 Å². The van der Waals surface area contributed by atoms with E-state index in [0.29, 0.717) is 10.6 Å². The first kappa shape index (κ1) is 13.2. The minimum absolute atomic E-state index is 0.199. The van der Waals surface area contributed by atoms with Crippen LogP contribution in [0.2, 0.25) is 0 Å². The molecule has 0 radical (unpaired) electrons. The monoisotopic (exact) mass is 328 g/mol. The van der Waals surface area contributed by atoms with Crippen LogP contribution in [0.4, 0.5) is 10.1 Å². The highest BCUT2D eigenvalue weighted by Crippen LogP contribution is 2.20. The van der Waals surface area contributed by atoms with Crippen molar-refractivity contribution in [2.24, 2.45) is 0 Å². The molecule has 1 heterocycles. The number of aromatic nitrogens is 1. The van der Waals surface area contributed by atoms with Crippen LogP contribution in [0, 0.1) is 5.82 Å². The van der Waals surface area contributed by atoms with Gasteiger partial charge in [-0.3, -0.25) is 9.19 Å². The molecule has 0 saturated heterocycles. The average molecular weight is 329 g/mol. The Labute approximate surface area is 115 Å². The van der Waals surface area contributed by atoms with Crippen molar-refractivity contribution in [3.63, 3.8) is 0 Å². The summed E-state index contributed by atoms with van der Waals surface area (Å²) in [4.78, 5) is 4.57. The summed E-state index contributed by atoms with van der Waals surface area (Å²) in [6, 6.07) is 7.47. The second-order valence-electron chi connectivity index (χ2n) is 3.64. The second-order valence-corrected chi connectivity index (χ2v) is 5.97. The fraction of sp³-hybridized carbons (Fsp3) is 0.0833. The Balaban J connectivity index is 2.19. The maximum Gasteiger partial charge on any atom is 0.125 e. The standard InChI is InChI=1S/C12H10BrFN2OS/c13-8-1-3-10(16-6-8)7-18(17)12-4-2-9(14)5-11(12)15/h1-6H,7,15H2. The van der Waals surface area contributed by atoms with Gasteiger partial charge in [-0.15, -0.1) is 0 Å². The number of anilines is 1. The number of nitrogens with zero attached hydrogens (tertiary/aromatic N) is 1. The van der Waals surface area contributed by atoms with Gasteiger partial charge in [0.1, 0.15) is 5.82 Å². The first-order valence-corrected chi connectivity index (χ1v) is 7.21. The first-order chi connectivity index (χ1) is 8.56. The van der Waals surface area contributed by atoms with Crippen molar-refractivity contribution >= 4 is 32.4 Å². The van der Waals surface area contributed by atoms with Crippen molar-refractivity contribution in [1.82, 2.24) is 4.98 Å². The molecule has 18 heavy (non-hydrogen) atoms. The van der Waals surface area contributed by atoms with Crippen LogP contribution in [0.15, 0.2) is 45.9 Å². The Bertz CT molecular complexity index is 589. The molecule has 1 aromatic heterocycles. The number of nitrogens with two attached hydrogens (primary N) is 1. The smallest absolute Gasteiger partial charge is 0.125 e. The fourth-order valence-corrected chi connectivity index (χ4v) is 2.80. The molecule has 1 atom stereocenters. The first-order valence-electron chi connectivity index (χ1n) is 5.10. The minimum atomic E-state index is -1.33. The van der Waals surface area contributed by atoms with Gasteiger partial charge in [-0.25, -0.2) is 4.39 Å². The van der Waals surface area contributed by atoms with Gasteiger partial charge in [-0.1, -0.05) is 0 Å². The van der Waals surface area contributed by atoms with Crippen molar-refractivity contribution in [2.45, 2.75) is 10.6 Å². The van der Waals surface area contributed by atoms with Crippen LogP contribution in [0.5, 0.6) is 0 Å². The zero-order valence-corrected chi connectivity index (χ0v) is 11.7. The van der Waals surface area contributed by atoms with Crippen LogP contribution in [-0.2, 0) is 16.6 Å². The predicted molar refractivity (Wildman–Crippen MR) is 72.9 cm³/mol. The molecule has 2 rings (SSSR count). The van der Waals surface area contributed by atoms with Crippen molar-refractivity contribution < 1.29 is 8.60 Å². The lowest BCUT2D eigenvalue weighted by molar-refractivity contribution is 0.627. The fourth-order valence-electron chi connectivity index (χ4n) is 1.43. The number of hydrogen-bond acceptors (Lipinski definition) is 3. The van der Waals surface area contributed by atoms with E-state index < -0.39 is 16.6 Å². The molecule has 0 aliphatic heterocycles. The van der Waals surface area contributed by atoms with E-state index in [9.17, 15) is 8.60 Å². The predicted octanol–water partition coefficient (Wildman–Crippen LogP) is 2.87. The summed E-state index contributed by atoms with van der Waals surface area (Å²) in [5.74, 6) is -0.182. The zero-order chi connectivity index (χ0) is 13.1. The van der Waals surface area contributed by atoms with E-state index in [1.807, 2.05) is 6.07 Å². The number of hydrogen-bond donors (Lipinski definition) is 1. The van der Waals surface area contributed by atoms with E-state index in [-0.39, 0.29) is 11.4 Å². The number of halogens is 2. The van der Waals surface area contributed by atoms with Crippen LogP contribution >= 0.6 is 15.9 Å². The van der Waals surface area contributed by atoms with E-state index in [2.05, 4.69) is 20.9 Å². The van der Waals surface area contributed by atoms with E-state index >= 15 is 0 Å². The summed E-state index contributed by atoms with van der Waals surface area (Å²) in [5, 5.41) is 0. The van der Waals surface area contributed by atoms with Gasteiger partial charge < -0.3 is 5.73 Å². The van der Waals surface area contributed by atoms with Crippen LogP contribution in [0.3, 0.4) is 0 Å². The molecule has 0 aliphatic carbocycles. The zero-order valence-electron chi connectivity index (χ0n) is 9.27. The molecule has 3 nitrogen and oxygen atoms in total. The Morgan fingerprint density at radius 2 is 2.11 bits per heavy atom. The van der Waals surface area contributed by atoms with Gasteiger partial charge in [0, 0.05) is 10.7 Å². The van der Waals surface area contributed by atoms with Gasteiger partial charge in [-0.05, 0) is 46.3 Å². The Morgan fingerprint density at radius 1 is 1.33 bits per heavy atom. The Morgan fingerprint density at radius 3 is 2.72 bits per heavy atom. The molecule has 1 unspecified atom stereocenters. The minimum Gasteiger partial charge on any atom is -0.398 e. The van der Waals surface area contributed by atoms with E-state index in [0.717, 1.165) is 4.47 Å². The van der Waals surface area contributed by atoms with E-state index in [4.69, 9.17) is 5.73 Å². The molecular formula is C12H10BrFN2OS. The highest BCUT2D eigenvalue weighted by molar-refractivity contribution is 9.10. The summed E-state index contributed by atoms with van der Waals surface area (Å²) < 4.78 is 25.8. The third kappa shape index (κ3) is 3.14. The molecule has 0 aliphatic rings. The van der Waals surface area contributed by atoms with E-state index in [1.165, 1.54) is 18.2 Å². The van der Waals surface area contributed by atoms with E-state index in [1.54, 1.807) is 12.3 Å². The number of rotatable bonds is 3. The molecule has 0 fully saturated rings. The van der Waals surface area contributed by atoms with Gasteiger partial charge in [0.05, 0.1) is 32.8 Å². The van der Waals surface area contributed by atoms with Gasteiger partial charge in [-0.2, -0.15) is 0 Å². The summed E-state index contributed by atoms with van der Waals surface area (Å²) in [7, 11) is -1.33. The van der Waals surface area contributed by atoms with Gasteiger partial charge in [0.25, 0.3) is 0 Å². The molecule has 2 N–H and O–H groups in total. The molecule has 0 spiro atoms. The van der Waals surface area contributed by atoms with Crippen molar-refractivity contribution in [2.75, 3.05) is 5.73 Å². The molecule has 0 bridgehead atoms. The van der Waals surface area contributed by atoms with Crippen LogP contribution in [0.1, 0.15) is 5.69 Å². The Kier molecular flexibility index (Phi) is 4.08. The lowest BCUT2D eigenvalue weighted by Gasteiger charge is -2.05. The molecule has 2 aromatic rings. The summed E-state index contributed by atoms with van der Waals surface area (Å²) in [5.41, 5.74) is 6.53. The summed E-state index contributed by atoms with van der Waals surface area (Å²) >= 11 is 3.28. The lowest BCUT2D eigenvalue weighted by atomic mass is 10.3. The average Bonchev–Trinajstić information content (AvgIpc) is 2.32. The molecule has 0 amide bonds. The van der Waals surface area contributed by atoms with Crippen LogP contribution in [0.25, 0.3) is 0 Å². The molecular weight excluding hydrogens is 319 g/mol. The number of benzene rings is 1. The summed E-state index contributed by atoms with van der Waals surface area (Å²) in [6.07, 6.45) is 1.64. The number of pyridine rings is 1. The van der Waals surface area contributed by atoms with Gasteiger partial charge in [0.2, 0.25) is 0 Å². The lowest BCUT2D eigenvalue weighted by Crippen LogP contribution is -2.02. The quantitative estimate of drug-likeness (QED) is 0.881. The Hall–Kier alpha value is -1.27. The maximum absolute atomic E-state index is 12.9. The number of nitrogen functional groups attached to an aromatic ring is 1. The maximum atomic E-state index is 12.9. The molecule has 6 heteroatoms. The van der Waals surface area contributed by atoms with Gasteiger partial charge in [0.15, 0.2) is 0 Å². The normalized spacial score (nSPS) is 12.3. The topological polar surface area (TPSA) is 56.0 Å². The molecule has 0 saturated carbocycles. The SMILES string of the molecule is Nc1cc(F)ccc1S(=O)Cc1ccc(Br)cn1. The van der Waals surface area contributed by atoms with Crippen LogP contribution in [-0.4, -0.2) is 9.19 Å². The third-order valence-corrected chi connectivity index (χ3v) is 4.17. The largest absolute Gasteiger partial charge is 0.398 e. The highest BCUT2D eigenvalue weighted by atomic mass is 79.9. The van der Waals surface area contributed by atoms with Crippen molar-refractivity contribution in [3.8, 4) is 0 Å². The second kappa shape index (κ2) is 5.58. The van der Waals surface area contributed by atoms with Crippen molar-refractivity contribution in [3.05, 3.63) is 52.5 Å². The highest BCUT2D eigenvalue weighted by Gasteiger charge is 2.10. The third-order valence-electron chi connectivity index (χ3n) is 2.28. The molecule has 1 aromatic carbocycles. The van der Waals surface area contributed by atoms with Crippen LogP contribution < -0.4 is 5.73 Å².